The molecule has 0 saturated carbocycles. The molecule has 58 valence electrons. The van der Waals surface area contributed by atoms with Crippen molar-refractivity contribution in [3.8, 4) is 0 Å². The summed E-state index contributed by atoms with van der Waals surface area (Å²) >= 11 is 2.02. The van der Waals surface area contributed by atoms with Gasteiger partial charge in [-0.05, 0) is 6.42 Å². The van der Waals surface area contributed by atoms with Gasteiger partial charge in [0.2, 0.25) is 0 Å². The number of rotatable bonds is 3. The Labute approximate surface area is 67.3 Å². The molecule has 0 radical (unpaired) electrons. The van der Waals surface area contributed by atoms with Crippen molar-refractivity contribution in [2.45, 2.75) is 18.7 Å². The van der Waals surface area contributed by atoms with Gasteiger partial charge < -0.3 is 5.32 Å². The molecule has 0 aliphatic carbocycles. The Bertz CT molecular complexity index is 108. The highest BCUT2D eigenvalue weighted by Crippen LogP contribution is 2.24. The van der Waals surface area contributed by atoms with Crippen LogP contribution in [0.5, 0.6) is 0 Å². The third-order valence-corrected chi connectivity index (χ3v) is 3.22. The molecular formula is C8H15NS. The minimum atomic E-state index is 0.641. The molecular weight excluding hydrogens is 142 g/mol. The Balaban J connectivity index is 2.36. The van der Waals surface area contributed by atoms with Crippen LogP contribution < -0.4 is 5.32 Å². The quantitative estimate of drug-likeness (QED) is 0.628. The van der Waals surface area contributed by atoms with Gasteiger partial charge in [0.25, 0.3) is 0 Å². The second-order valence-electron chi connectivity index (χ2n) is 2.55. The summed E-state index contributed by atoms with van der Waals surface area (Å²) < 4.78 is 0. The van der Waals surface area contributed by atoms with E-state index in [0.717, 1.165) is 0 Å². The fraction of sp³-hybridized carbons (Fsp3) is 0.750. The van der Waals surface area contributed by atoms with Gasteiger partial charge in [-0.2, -0.15) is 0 Å². The predicted octanol–water partition coefficient (Wildman–Crippen LogP) is 1.86. The maximum absolute atomic E-state index is 3.82. The monoisotopic (exact) mass is 157 g/mol. The van der Waals surface area contributed by atoms with Gasteiger partial charge in [-0.3, -0.25) is 0 Å². The van der Waals surface area contributed by atoms with Gasteiger partial charge in [0, 0.05) is 18.2 Å². The van der Waals surface area contributed by atoms with Crippen LogP contribution in [-0.4, -0.2) is 17.7 Å². The Kier molecular flexibility index (Phi) is 3.29. The average Bonchev–Trinajstić information content (AvgIpc) is 2.43. The Morgan fingerprint density at radius 1 is 1.90 bits per heavy atom. The van der Waals surface area contributed by atoms with Crippen LogP contribution in [0.25, 0.3) is 0 Å². The smallest absolute Gasteiger partial charge is 0.0596 e. The van der Waals surface area contributed by atoms with Gasteiger partial charge in [0.1, 0.15) is 0 Å². The molecule has 1 N–H and O–H groups in total. The number of nitrogens with one attached hydrogen (secondary N) is 1. The van der Waals surface area contributed by atoms with Crippen molar-refractivity contribution in [1.29, 1.82) is 0 Å². The van der Waals surface area contributed by atoms with Gasteiger partial charge in [-0.15, -0.1) is 18.3 Å². The average molecular weight is 157 g/mol. The highest BCUT2D eigenvalue weighted by molar-refractivity contribution is 8.00. The van der Waals surface area contributed by atoms with Crippen LogP contribution in [-0.2, 0) is 0 Å². The number of thioether (sulfide) groups is 1. The third kappa shape index (κ3) is 1.77. The fourth-order valence-electron chi connectivity index (χ4n) is 1.23. The first-order valence-electron chi connectivity index (χ1n) is 3.86. The first-order valence-corrected chi connectivity index (χ1v) is 4.91. The zero-order chi connectivity index (χ0) is 7.40. The van der Waals surface area contributed by atoms with Crippen molar-refractivity contribution in [3.63, 3.8) is 0 Å². The molecule has 10 heavy (non-hydrogen) atoms. The maximum atomic E-state index is 3.82. The second kappa shape index (κ2) is 4.04. The highest BCUT2D eigenvalue weighted by Gasteiger charge is 2.20. The molecule has 2 unspecified atom stereocenters. The summed E-state index contributed by atoms with van der Waals surface area (Å²) in [6, 6.07) is 0. The van der Waals surface area contributed by atoms with Crippen LogP contribution in [0.4, 0.5) is 0 Å². The zero-order valence-corrected chi connectivity index (χ0v) is 7.29. The molecule has 0 aromatic heterocycles. The van der Waals surface area contributed by atoms with Crippen molar-refractivity contribution in [2.24, 2.45) is 5.92 Å². The summed E-state index contributed by atoms with van der Waals surface area (Å²) in [5.74, 6) is 1.92. The van der Waals surface area contributed by atoms with Crippen LogP contribution in [0, 0.1) is 5.92 Å². The Morgan fingerprint density at radius 2 is 2.70 bits per heavy atom. The molecule has 0 bridgehead atoms. The summed E-state index contributed by atoms with van der Waals surface area (Å²) in [5.41, 5.74) is 0. The van der Waals surface area contributed by atoms with Crippen molar-refractivity contribution in [1.82, 2.24) is 5.32 Å². The van der Waals surface area contributed by atoms with Crippen LogP contribution in [0.15, 0.2) is 12.7 Å². The van der Waals surface area contributed by atoms with Crippen molar-refractivity contribution in [2.75, 3.05) is 12.3 Å². The summed E-state index contributed by atoms with van der Waals surface area (Å²) in [4.78, 5) is 0. The standard InChI is InChI=1S/C8H15NS/c1-3-7(4-2)8-9-5-6-10-8/h3,7-9H,1,4-6H2,2H3. The maximum Gasteiger partial charge on any atom is 0.0596 e. The molecule has 1 nitrogen and oxygen atoms in total. The molecule has 2 atom stereocenters. The molecule has 0 spiro atoms. The molecule has 0 amide bonds. The minimum absolute atomic E-state index is 0.641. The lowest BCUT2D eigenvalue weighted by atomic mass is 10.1. The summed E-state index contributed by atoms with van der Waals surface area (Å²) in [5, 5.41) is 4.09. The van der Waals surface area contributed by atoms with E-state index >= 15 is 0 Å². The van der Waals surface area contributed by atoms with Crippen molar-refractivity contribution >= 4 is 11.8 Å². The van der Waals surface area contributed by atoms with Crippen LogP contribution in [0.1, 0.15) is 13.3 Å². The van der Waals surface area contributed by atoms with Crippen LogP contribution in [0.2, 0.25) is 0 Å². The highest BCUT2D eigenvalue weighted by atomic mass is 32.2. The van der Waals surface area contributed by atoms with Crippen molar-refractivity contribution < 1.29 is 0 Å². The molecule has 0 aromatic rings. The van der Waals surface area contributed by atoms with E-state index in [-0.39, 0.29) is 0 Å². The van der Waals surface area contributed by atoms with E-state index in [0.29, 0.717) is 11.3 Å². The molecule has 2 heteroatoms. The predicted molar refractivity (Wildman–Crippen MR) is 48.2 cm³/mol. The summed E-state index contributed by atoms with van der Waals surface area (Å²) in [6.45, 7) is 7.20. The molecule has 1 saturated heterocycles. The molecule has 1 heterocycles. The number of hydrogen-bond donors (Lipinski definition) is 1. The van der Waals surface area contributed by atoms with Crippen LogP contribution in [0.3, 0.4) is 0 Å². The number of hydrogen-bond acceptors (Lipinski definition) is 2. The summed E-state index contributed by atoms with van der Waals surface area (Å²) in [6.07, 6.45) is 3.27. The molecule has 1 fully saturated rings. The lowest BCUT2D eigenvalue weighted by molar-refractivity contribution is 0.537. The first kappa shape index (κ1) is 8.15. The first-order chi connectivity index (χ1) is 4.88. The lowest BCUT2D eigenvalue weighted by Gasteiger charge is -2.16. The molecule has 1 aliphatic rings. The fourth-order valence-corrected chi connectivity index (χ4v) is 2.50. The Hall–Kier alpha value is 0.0500. The van der Waals surface area contributed by atoms with E-state index in [4.69, 9.17) is 0 Å². The normalized spacial score (nSPS) is 28.3. The topological polar surface area (TPSA) is 12.0 Å². The Morgan fingerprint density at radius 3 is 3.10 bits per heavy atom. The van der Waals surface area contributed by atoms with Gasteiger partial charge in [-0.1, -0.05) is 13.0 Å². The van der Waals surface area contributed by atoms with E-state index in [9.17, 15) is 0 Å². The largest absolute Gasteiger partial charge is 0.304 e. The van der Waals surface area contributed by atoms with Crippen molar-refractivity contribution in [3.05, 3.63) is 12.7 Å². The van der Waals surface area contributed by atoms with Crippen LogP contribution >= 0.6 is 11.8 Å². The van der Waals surface area contributed by atoms with E-state index < -0.39 is 0 Å². The SMILES string of the molecule is C=CC(CC)C1NCCS1. The zero-order valence-electron chi connectivity index (χ0n) is 6.47. The second-order valence-corrected chi connectivity index (χ2v) is 3.80. The van der Waals surface area contributed by atoms with E-state index in [1.54, 1.807) is 0 Å². The lowest BCUT2D eigenvalue weighted by Crippen LogP contribution is -2.26. The van der Waals surface area contributed by atoms with E-state index in [1.807, 2.05) is 11.8 Å². The third-order valence-electron chi connectivity index (χ3n) is 1.91. The molecule has 1 aliphatic heterocycles. The van der Waals surface area contributed by atoms with E-state index in [1.165, 1.54) is 18.7 Å². The summed E-state index contributed by atoms with van der Waals surface area (Å²) in [7, 11) is 0. The van der Waals surface area contributed by atoms with Gasteiger partial charge in [0.15, 0.2) is 0 Å². The van der Waals surface area contributed by atoms with E-state index in [2.05, 4.69) is 24.9 Å². The molecule has 0 aromatic carbocycles. The van der Waals surface area contributed by atoms with Gasteiger partial charge in [0.05, 0.1) is 5.37 Å². The van der Waals surface area contributed by atoms with Gasteiger partial charge >= 0.3 is 0 Å². The van der Waals surface area contributed by atoms with Gasteiger partial charge in [-0.25, -0.2) is 0 Å². The molecule has 1 rings (SSSR count). The minimum Gasteiger partial charge on any atom is -0.304 e.